The van der Waals surface area contributed by atoms with Crippen molar-refractivity contribution in [2.75, 3.05) is 0 Å². The Hall–Kier alpha value is -3.38. The van der Waals surface area contributed by atoms with Gasteiger partial charge in [-0.15, -0.1) is 10.2 Å². The van der Waals surface area contributed by atoms with Gasteiger partial charge < -0.3 is 14.5 Å². The maximum absolute atomic E-state index is 10.9. The van der Waals surface area contributed by atoms with Gasteiger partial charge in [-0.25, -0.2) is 0 Å². The van der Waals surface area contributed by atoms with Gasteiger partial charge in [0, 0.05) is 12.2 Å². The maximum atomic E-state index is 10.9. The highest BCUT2D eigenvalue weighted by Gasteiger charge is 2.14. The molecule has 6 heteroatoms. The fraction of sp³-hybridized carbons (Fsp3) is 0.125. The Balaban J connectivity index is 1.56. The summed E-state index contributed by atoms with van der Waals surface area (Å²) in [5, 5.41) is 20.7. The molecular weight excluding hydrogens is 394 g/mol. The second-order valence-corrected chi connectivity index (χ2v) is 7.85. The molecule has 4 aromatic rings. The monoisotopic (exact) mass is 414 g/mol. The molecule has 0 saturated carbocycles. The number of hydrogen-bond acceptors (Lipinski definition) is 5. The SMILES string of the molecule is O=C([O-])c1ccc(CSc2nnc(Cc3ccccc3)n2Cc2ccccc2)cc1. The molecule has 0 unspecified atom stereocenters. The van der Waals surface area contributed by atoms with Crippen LogP contribution < -0.4 is 5.11 Å². The van der Waals surface area contributed by atoms with Crippen LogP contribution in [0.3, 0.4) is 0 Å². The summed E-state index contributed by atoms with van der Waals surface area (Å²) in [4.78, 5) is 10.9. The first-order valence-electron chi connectivity index (χ1n) is 9.62. The average Bonchev–Trinajstić information content (AvgIpc) is 3.15. The molecule has 0 fully saturated rings. The van der Waals surface area contributed by atoms with E-state index in [-0.39, 0.29) is 5.56 Å². The van der Waals surface area contributed by atoms with E-state index in [0.717, 1.165) is 16.5 Å². The fourth-order valence-electron chi connectivity index (χ4n) is 3.14. The van der Waals surface area contributed by atoms with Gasteiger partial charge in [-0.3, -0.25) is 0 Å². The van der Waals surface area contributed by atoms with E-state index >= 15 is 0 Å². The summed E-state index contributed by atoms with van der Waals surface area (Å²) in [6.07, 6.45) is 0.710. The maximum Gasteiger partial charge on any atom is 0.191 e. The summed E-state index contributed by atoms with van der Waals surface area (Å²) in [5.74, 6) is 0.424. The standard InChI is InChI=1S/C24H21N3O2S/c28-23(29)21-13-11-20(12-14-21)17-30-24-26-25-22(15-18-7-3-1-4-8-18)27(24)16-19-9-5-2-6-10-19/h1-14H,15-17H2,(H,28,29)/p-1. The molecule has 0 amide bonds. The van der Waals surface area contributed by atoms with Crippen LogP contribution in [0.5, 0.6) is 0 Å². The van der Waals surface area contributed by atoms with Gasteiger partial charge in [-0.05, 0) is 22.3 Å². The van der Waals surface area contributed by atoms with Crippen LogP contribution in [0.25, 0.3) is 0 Å². The molecule has 150 valence electrons. The third-order valence-corrected chi connectivity index (χ3v) is 5.78. The van der Waals surface area contributed by atoms with Gasteiger partial charge in [-0.1, -0.05) is 96.7 Å². The van der Waals surface area contributed by atoms with Gasteiger partial charge in [0.2, 0.25) is 0 Å². The molecule has 0 aliphatic rings. The highest BCUT2D eigenvalue weighted by atomic mass is 32.2. The molecular formula is C24H20N3O2S-. The van der Waals surface area contributed by atoms with Crippen molar-refractivity contribution in [1.29, 1.82) is 0 Å². The van der Waals surface area contributed by atoms with Crippen LogP contribution in [-0.4, -0.2) is 20.7 Å². The number of thioether (sulfide) groups is 1. The van der Waals surface area contributed by atoms with Crippen molar-refractivity contribution in [3.8, 4) is 0 Å². The van der Waals surface area contributed by atoms with Gasteiger partial charge in [0.1, 0.15) is 5.82 Å². The topological polar surface area (TPSA) is 70.8 Å². The number of nitrogens with zero attached hydrogens (tertiary/aromatic N) is 3. The first kappa shape index (κ1) is 19.9. The summed E-state index contributed by atoms with van der Waals surface area (Å²) in [7, 11) is 0. The Bertz CT molecular complexity index is 1110. The zero-order valence-corrected chi connectivity index (χ0v) is 17.1. The van der Waals surface area contributed by atoms with Gasteiger partial charge in [0.25, 0.3) is 0 Å². The zero-order chi connectivity index (χ0) is 20.8. The Labute approximate surface area is 179 Å². The Morgan fingerprint density at radius 2 is 1.43 bits per heavy atom. The van der Waals surface area contributed by atoms with E-state index in [1.165, 1.54) is 11.1 Å². The number of carboxylic acids is 1. The fourth-order valence-corrected chi connectivity index (χ4v) is 4.06. The largest absolute Gasteiger partial charge is 0.545 e. The quantitative estimate of drug-likeness (QED) is 0.412. The van der Waals surface area contributed by atoms with Crippen LogP contribution in [0.2, 0.25) is 0 Å². The lowest BCUT2D eigenvalue weighted by Gasteiger charge is -2.11. The number of benzene rings is 3. The minimum Gasteiger partial charge on any atom is -0.545 e. The Morgan fingerprint density at radius 1 is 0.800 bits per heavy atom. The first-order valence-corrected chi connectivity index (χ1v) is 10.6. The minimum absolute atomic E-state index is 0.182. The first-order chi connectivity index (χ1) is 14.7. The molecule has 0 atom stereocenters. The number of aromatic carboxylic acids is 1. The number of carbonyl (C=O) groups is 1. The zero-order valence-electron chi connectivity index (χ0n) is 16.3. The van der Waals surface area contributed by atoms with Gasteiger partial charge in [0.05, 0.1) is 12.5 Å². The summed E-state index contributed by atoms with van der Waals surface area (Å²) < 4.78 is 2.16. The van der Waals surface area contributed by atoms with E-state index in [9.17, 15) is 9.90 Å². The van der Waals surface area contributed by atoms with Gasteiger partial charge >= 0.3 is 0 Å². The molecule has 0 aliphatic carbocycles. The lowest BCUT2D eigenvalue weighted by atomic mass is 10.1. The number of carbonyl (C=O) groups excluding carboxylic acids is 1. The summed E-state index contributed by atoms with van der Waals surface area (Å²) >= 11 is 1.59. The van der Waals surface area contributed by atoms with E-state index < -0.39 is 5.97 Å². The van der Waals surface area contributed by atoms with Crippen LogP contribution in [-0.2, 0) is 18.7 Å². The van der Waals surface area contributed by atoms with Crippen molar-refractivity contribution in [1.82, 2.24) is 14.8 Å². The smallest absolute Gasteiger partial charge is 0.191 e. The number of carboxylic acid groups (broad SMARTS) is 1. The lowest BCUT2D eigenvalue weighted by Crippen LogP contribution is -2.21. The molecule has 0 bridgehead atoms. The van der Waals surface area contributed by atoms with Crippen LogP contribution in [0.15, 0.2) is 90.1 Å². The number of aromatic nitrogens is 3. The Kier molecular flexibility index (Phi) is 6.25. The molecule has 4 rings (SSSR count). The average molecular weight is 415 g/mol. The normalized spacial score (nSPS) is 10.8. The second-order valence-electron chi connectivity index (χ2n) is 6.91. The molecule has 0 N–H and O–H groups in total. The highest BCUT2D eigenvalue weighted by Crippen LogP contribution is 2.24. The predicted molar refractivity (Wildman–Crippen MR) is 115 cm³/mol. The van der Waals surface area contributed by atoms with Crippen molar-refractivity contribution in [3.63, 3.8) is 0 Å². The third kappa shape index (κ3) is 4.96. The molecule has 1 heterocycles. The number of hydrogen-bond donors (Lipinski definition) is 0. The van der Waals surface area contributed by atoms with Crippen molar-refractivity contribution in [2.45, 2.75) is 23.9 Å². The minimum atomic E-state index is -1.16. The molecule has 30 heavy (non-hydrogen) atoms. The van der Waals surface area contributed by atoms with Crippen LogP contribution in [0.1, 0.15) is 32.9 Å². The van der Waals surface area contributed by atoms with Crippen LogP contribution >= 0.6 is 11.8 Å². The lowest BCUT2D eigenvalue weighted by molar-refractivity contribution is -0.255. The van der Waals surface area contributed by atoms with E-state index in [4.69, 9.17) is 0 Å². The Morgan fingerprint density at radius 3 is 2.07 bits per heavy atom. The molecule has 3 aromatic carbocycles. The van der Waals surface area contributed by atoms with Crippen molar-refractivity contribution >= 4 is 17.7 Å². The summed E-state index contributed by atoms with van der Waals surface area (Å²) in [6, 6.07) is 27.3. The van der Waals surface area contributed by atoms with Gasteiger partial charge in [0.15, 0.2) is 5.16 Å². The second kappa shape index (κ2) is 9.41. The summed E-state index contributed by atoms with van der Waals surface area (Å²) in [6.45, 7) is 0.696. The van der Waals surface area contributed by atoms with Gasteiger partial charge in [-0.2, -0.15) is 0 Å². The molecule has 0 radical (unpaired) electrons. The van der Waals surface area contributed by atoms with Crippen molar-refractivity contribution in [3.05, 3.63) is 113 Å². The molecule has 0 spiro atoms. The van der Waals surface area contributed by atoms with E-state index in [2.05, 4.69) is 39.0 Å². The van der Waals surface area contributed by atoms with Crippen molar-refractivity contribution in [2.24, 2.45) is 0 Å². The highest BCUT2D eigenvalue weighted by molar-refractivity contribution is 7.98. The van der Waals surface area contributed by atoms with Crippen LogP contribution in [0, 0.1) is 0 Å². The van der Waals surface area contributed by atoms with E-state index in [1.54, 1.807) is 36.0 Å². The molecule has 1 aromatic heterocycles. The molecule has 0 saturated heterocycles. The van der Waals surface area contributed by atoms with Crippen molar-refractivity contribution < 1.29 is 9.90 Å². The van der Waals surface area contributed by atoms with E-state index in [1.807, 2.05) is 36.4 Å². The van der Waals surface area contributed by atoms with Crippen LogP contribution in [0.4, 0.5) is 0 Å². The third-order valence-electron chi connectivity index (χ3n) is 4.74. The van der Waals surface area contributed by atoms with E-state index in [0.29, 0.717) is 18.7 Å². The molecule has 5 nitrogen and oxygen atoms in total. The summed E-state index contributed by atoms with van der Waals surface area (Å²) in [5.41, 5.74) is 3.57. The molecule has 0 aliphatic heterocycles. The number of rotatable bonds is 8. The predicted octanol–water partition coefficient (Wildman–Crippen LogP) is 3.57.